The minimum Gasteiger partial charge on any atom is -0.330 e. The molecule has 0 amide bonds. The molecular formula is C9H15N. The van der Waals surface area contributed by atoms with E-state index < -0.39 is 0 Å². The van der Waals surface area contributed by atoms with Gasteiger partial charge in [-0.1, -0.05) is 24.3 Å². The smallest absolute Gasteiger partial charge is 0.00771 e. The molecule has 56 valence electrons. The van der Waals surface area contributed by atoms with E-state index >= 15 is 0 Å². The first-order chi connectivity index (χ1) is 4.93. The zero-order valence-electron chi connectivity index (χ0n) is 6.29. The molecule has 1 heteroatoms. The van der Waals surface area contributed by atoms with Crippen molar-refractivity contribution in [2.75, 3.05) is 6.54 Å². The minimum atomic E-state index is 0.758. The van der Waals surface area contributed by atoms with Crippen molar-refractivity contribution in [3.8, 4) is 0 Å². The molecule has 0 spiro atoms. The zero-order chi connectivity index (χ0) is 7.23. The van der Waals surface area contributed by atoms with Crippen LogP contribution in [0.25, 0.3) is 0 Å². The van der Waals surface area contributed by atoms with Crippen molar-refractivity contribution >= 4 is 0 Å². The number of hydrogen-bond acceptors (Lipinski definition) is 1. The molecule has 0 saturated carbocycles. The summed E-state index contributed by atoms with van der Waals surface area (Å²) in [6, 6.07) is 0. The van der Waals surface area contributed by atoms with Gasteiger partial charge in [0.25, 0.3) is 0 Å². The van der Waals surface area contributed by atoms with Crippen LogP contribution in [0.2, 0.25) is 0 Å². The summed E-state index contributed by atoms with van der Waals surface area (Å²) in [7, 11) is 0. The molecule has 1 rings (SSSR count). The number of allylic oxidation sites excluding steroid dienone is 4. The van der Waals surface area contributed by atoms with Crippen LogP contribution in [0, 0.1) is 5.92 Å². The largest absolute Gasteiger partial charge is 0.330 e. The van der Waals surface area contributed by atoms with Crippen molar-refractivity contribution in [2.24, 2.45) is 11.7 Å². The van der Waals surface area contributed by atoms with Crippen LogP contribution in [-0.2, 0) is 0 Å². The van der Waals surface area contributed by atoms with Crippen LogP contribution in [0.5, 0.6) is 0 Å². The Kier molecular flexibility index (Phi) is 3.23. The van der Waals surface area contributed by atoms with Crippen LogP contribution in [0.15, 0.2) is 24.3 Å². The summed E-state index contributed by atoms with van der Waals surface area (Å²) in [5.74, 6) is 0.758. The van der Waals surface area contributed by atoms with Crippen LogP contribution in [-0.4, -0.2) is 6.54 Å². The van der Waals surface area contributed by atoms with Crippen molar-refractivity contribution in [3.63, 3.8) is 0 Å². The highest BCUT2D eigenvalue weighted by molar-refractivity contribution is 5.10. The van der Waals surface area contributed by atoms with Crippen molar-refractivity contribution in [3.05, 3.63) is 24.3 Å². The van der Waals surface area contributed by atoms with Gasteiger partial charge in [0.1, 0.15) is 0 Å². The first-order valence-corrected chi connectivity index (χ1v) is 3.97. The number of hydrogen-bond donors (Lipinski definition) is 1. The average molecular weight is 137 g/mol. The molecule has 0 fully saturated rings. The normalized spacial score (nSPS) is 23.5. The van der Waals surface area contributed by atoms with Crippen LogP contribution in [0.4, 0.5) is 0 Å². The second-order valence-electron chi connectivity index (χ2n) is 2.74. The average Bonchev–Trinajstić information content (AvgIpc) is 2.03. The van der Waals surface area contributed by atoms with Crippen LogP contribution in [0.1, 0.15) is 19.3 Å². The molecule has 0 radical (unpaired) electrons. The molecule has 0 aromatic heterocycles. The molecule has 0 aromatic carbocycles. The van der Waals surface area contributed by atoms with E-state index in [-0.39, 0.29) is 0 Å². The van der Waals surface area contributed by atoms with Gasteiger partial charge in [-0.25, -0.2) is 0 Å². The van der Waals surface area contributed by atoms with Crippen molar-refractivity contribution in [2.45, 2.75) is 19.3 Å². The molecule has 1 aliphatic carbocycles. The zero-order valence-corrected chi connectivity index (χ0v) is 6.29. The fourth-order valence-corrected chi connectivity index (χ4v) is 1.23. The molecule has 0 saturated heterocycles. The third-order valence-corrected chi connectivity index (χ3v) is 1.85. The van der Waals surface area contributed by atoms with Crippen molar-refractivity contribution < 1.29 is 0 Å². The van der Waals surface area contributed by atoms with E-state index in [0.29, 0.717) is 0 Å². The predicted molar refractivity (Wildman–Crippen MR) is 44.7 cm³/mol. The van der Waals surface area contributed by atoms with Gasteiger partial charge in [-0.2, -0.15) is 0 Å². The molecule has 0 aromatic rings. The summed E-state index contributed by atoms with van der Waals surface area (Å²) in [5, 5.41) is 0. The van der Waals surface area contributed by atoms with E-state index in [1.54, 1.807) is 0 Å². The molecule has 0 aliphatic heterocycles. The van der Waals surface area contributed by atoms with Crippen molar-refractivity contribution in [1.29, 1.82) is 0 Å². The lowest BCUT2D eigenvalue weighted by molar-refractivity contribution is 0.569. The molecule has 1 unspecified atom stereocenters. The SMILES string of the molecule is NCCCC1C=CC=CC1. The number of nitrogens with two attached hydrogens (primary N) is 1. The number of rotatable bonds is 3. The summed E-state index contributed by atoms with van der Waals surface area (Å²) >= 11 is 0. The Labute approximate surface area is 62.6 Å². The summed E-state index contributed by atoms with van der Waals surface area (Å²) in [4.78, 5) is 0. The van der Waals surface area contributed by atoms with Gasteiger partial charge in [0.2, 0.25) is 0 Å². The monoisotopic (exact) mass is 137 g/mol. The lowest BCUT2D eigenvalue weighted by Gasteiger charge is -2.10. The van der Waals surface area contributed by atoms with E-state index in [1.165, 1.54) is 12.8 Å². The summed E-state index contributed by atoms with van der Waals surface area (Å²) in [6.07, 6.45) is 12.3. The maximum atomic E-state index is 5.40. The first kappa shape index (κ1) is 7.55. The second kappa shape index (κ2) is 4.29. The molecular weight excluding hydrogens is 122 g/mol. The van der Waals surface area contributed by atoms with Gasteiger partial charge in [-0.3, -0.25) is 0 Å². The van der Waals surface area contributed by atoms with Crippen LogP contribution >= 0.6 is 0 Å². The van der Waals surface area contributed by atoms with Gasteiger partial charge in [0.15, 0.2) is 0 Å². The highest BCUT2D eigenvalue weighted by Crippen LogP contribution is 2.16. The Morgan fingerprint density at radius 3 is 2.90 bits per heavy atom. The Hall–Kier alpha value is -0.560. The van der Waals surface area contributed by atoms with Crippen LogP contribution < -0.4 is 5.73 Å². The molecule has 10 heavy (non-hydrogen) atoms. The van der Waals surface area contributed by atoms with Crippen molar-refractivity contribution in [1.82, 2.24) is 0 Å². The van der Waals surface area contributed by atoms with E-state index in [1.807, 2.05) is 0 Å². The molecule has 1 nitrogen and oxygen atoms in total. The third kappa shape index (κ3) is 2.36. The lowest BCUT2D eigenvalue weighted by atomic mass is 9.96. The van der Waals surface area contributed by atoms with Gasteiger partial charge in [-0.05, 0) is 31.7 Å². The topological polar surface area (TPSA) is 26.0 Å². The Morgan fingerprint density at radius 2 is 2.30 bits per heavy atom. The standard InChI is InChI=1S/C9H15N/c10-8-4-7-9-5-2-1-3-6-9/h1-3,5,9H,4,6-8,10H2. The van der Waals surface area contributed by atoms with Gasteiger partial charge >= 0.3 is 0 Å². The Balaban J connectivity index is 2.17. The van der Waals surface area contributed by atoms with E-state index in [4.69, 9.17) is 5.73 Å². The lowest BCUT2D eigenvalue weighted by Crippen LogP contribution is -2.03. The minimum absolute atomic E-state index is 0.758. The summed E-state index contributed by atoms with van der Waals surface area (Å²) < 4.78 is 0. The van der Waals surface area contributed by atoms with Gasteiger partial charge in [0, 0.05) is 0 Å². The molecule has 1 atom stereocenters. The third-order valence-electron chi connectivity index (χ3n) is 1.85. The van der Waals surface area contributed by atoms with E-state index in [9.17, 15) is 0 Å². The fourth-order valence-electron chi connectivity index (χ4n) is 1.23. The molecule has 0 heterocycles. The van der Waals surface area contributed by atoms with Gasteiger partial charge < -0.3 is 5.73 Å². The quantitative estimate of drug-likeness (QED) is 0.631. The van der Waals surface area contributed by atoms with E-state index in [2.05, 4.69) is 24.3 Å². The summed E-state index contributed by atoms with van der Waals surface area (Å²) in [6.45, 7) is 0.827. The van der Waals surface area contributed by atoms with Gasteiger partial charge in [0.05, 0.1) is 0 Å². The molecule has 0 bridgehead atoms. The maximum Gasteiger partial charge on any atom is -0.00771 e. The van der Waals surface area contributed by atoms with E-state index in [0.717, 1.165) is 18.9 Å². The van der Waals surface area contributed by atoms with Crippen LogP contribution in [0.3, 0.4) is 0 Å². The highest BCUT2D eigenvalue weighted by atomic mass is 14.5. The molecule has 2 N–H and O–H groups in total. The Bertz CT molecular complexity index is 136. The fraction of sp³-hybridized carbons (Fsp3) is 0.556. The summed E-state index contributed by atoms with van der Waals surface area (Å²) in [5.41, 5.74) is 5.40. The second-order valence-corrected chi connectivity index (χ2v) is 2.74. The Morgan fingerprint density at radius 1 is 1.40 bits per heavy atom. The highest BCUT2D eigenvalue weighted by Gasteiger charge is 2.02. The predicted octanol–water partition coefficient (Wildman–Crippen LogP) is 1.86. The maximum absolute atomic E-state index is 5.40. The van der Waals surface area contributed by atoms with Gasteiger partial charge in [-0.15, -0.1) is 0 Å². The molecule has 1 aliphatic rings. The first-order valence-electron chi connectivity index (χ1n) is 3.97.